The molecule has 0 radical (unpaired) electrons. The summed E-state index contributed by atoms with van der Waals surface area (Å²) in [6.45, 7) is 2.16. The number of aromatic nitrogens is 2. The zero-order valence-corrected chi connectivity index (χ0v) is 14.1. The first-order valence-electron chi connectivity index (χ1n) is 6.95. The zero-order chi connectivity index (χ0) is 14.8. The summed E-state index contributed by atoms with van der Waals surface area (Å²) < 4.78 is 6.70. The van der Waals surface area contributed by atoms with E-state index in [4.69, 9.17) is 9.40 Å². The van der Waals surface area contributed by atoms with Crippen molar-refractivity contribution in [3.05, 3.63) is 39.8 Å². The van der Waals surface area contributed by atoms with Crippen LogP contribution in [-0.2, 0) is 6.42 Å². The fourth-order valence-electron chi connectivity index (χ4n) is 2.33. The van der Waals surface area contributed by atoms with Gasteiger partial charge in [-0.15, -0.1) is 0 Å². The fraction of sp³-hybridized carbons (Fsp3) is 0.250. The average molecular weight is 393 g/mol. The summed E-state index contributed by atoms with van der Waals surface area (Å²) in [5.74, 6) is 1.59. The number of halogens is 1. The summed E-state index contributed by atoms with van der Waals surface area (Å²) in [7, 11) is 1.89. The monoisotopic (exact) mass is 393 g/mol. The van der Waals surface area contributed by atoms with Gasteiger partial charge in [-0.3, -0.25) is 0 Å². The Morgan fingerprint density at radius 3 is 2.81 bits per heavy atom. The number of anilines is 1. The highest BCUT2D eigenvalue weighted by molar-refractivity contribution is 14.1. The Morgan fingerprint density at radius 2 is 2.05 bits per heavy atom. The summed E-state index contributed by atoms with van der Waals surface area (Å²) in [5, 5.41) is 4.20. The highest BCUT2D eigenvalue weighted by atomic mass is 127. The number of hydrogen-bond acceptors (Lipinski definition) is 4. The average Bonchev–Trinajstić information content (AvgIpc) is 2.93. The third-order valence-electron chi connectivity index (χ3n) is 3.37. The van der Waals surface area contributed by atoms with Crippen molar-refractivity contribution in [2.75, 3.05) is 12.4 Å². The largest absolute Gasteiger partial charge is 0.464 e. The Morgan fingerprint density at radius 1 is 1.24 bits per heavy atom. The molecule has 2 aromatic heterocycles. The molecule has 4 nitrogen and oxygen atoms in total. The lowest BCUT2D eigenvalue weighted by Gasteiger charge is -2.10. The molecular weight excluding hydrogens is 377 g/mol. The van der Waals surface area contributed by atoms with E-state index in [2.05, 4.69) is 39.8 Å². The number of para-hydroxylation sites is 1. The SMILES string of the molecule is CCCc1nc(-c2coc3ccccc23)nc(NC)c1I. The molecule has 0 unspecified atom stereocenters. The van der Waals surface area contributed by atoms with Crippen LogP contribution in [0.3, 0.4) is 0 Å². The second-order valence-electron chi connectivity index (χ2n) is 4.80. The van der Waals surface area contributed by atoms with E-state index in [9.17, 15) is 0 Å². The van der Waals surface area contributed by atoms with Gasteiger partial charge in [-0.25, -0.2) is 9.97 Å². The molecule has 0 aliphatic carbocycles. The quantitative estimate of drug-likeness (QED) is 0.664. The maximum absolute atomic E-state index is 5.60. The molecule has 0 amide bonds. The predicted octanol–water partition coefficient (Wildman–Crippen LogP) is 4.49. The van der Waals surface area contributed by atoms with Crippen molar-refractivity contribution in [2.24, 2.45) is 0 Å². The Balaban J connectivity index is 2.19. The number of nitrogens with one attached hydrogen (secondary N) is 1. The summed E-state index contributed by atoms with van der Waals surface area (Å²) in [6.07, 6.45) is 3.74. The minimum Gasteiger partial charge on any atom is -0.464 e. The van der Waals surface area contributed by atoms with E-state index in [1.54, 1.807) is 6.26 Å². The van der Waals surface area contributed by atoms with Gasteiger partial charge in [0.05, 0.1) is 14.8 Å². The molecule has 0 bridgehead atoms. The van der Waals surface area contributed by atoms with Crippen molar-refractivity contribution < 1.29 is 4.42 Å². The van der Waals surface area contributed by atoms with Gasteiger partial charge in [-0.1, -0.05) is 31.5 Å². The summed E-state index contributed by atoms with van der Waals surface area (Å²) in [5.41, 5.74) is 2.88. The number of fused-ring (bicyclic) bond motifs is 1. The lowest BCUT2D eigenvalue weighted by Crippen LogP contribution is -2.05. The van der Waals surface area contributed by atoms with Crippen LogP contribution in [0, 0.1) is 3.57 Å². The van der Waals surface area contributed by atoms with E-state index in [0.717, 1.165) is 44.5 Å². The first-order chi connectivity index (χ1) is 10.2. The maximum atomic E-state index is 5.60. The number of hydrogen-bond donors (Lipinski definition) is 1. The summed E-state index contributed by atoms with van der Waals surface area (Å²) >= 11 is 2.31. The van der Waals surface area contributed by atoms with Crippen LogP contribution in [-0.4, -0.2) is 17.0 Å². The summed E-state index contributed by atoms with van der Waals surface area (Å²) in [6, 6.07) is 7.96. The minimum absolute atomic E-state index is 0.716. The molecular formula is C16H16IN3O. The Bertz CT molecular complexity index is 782. The molecule has 1 aromatic carbocycles. The van der Waals surface area contributed by atoms with Crippen LogP contribution in [0.2, 0.25) is 0 Å². The second-order valence-corrected chi connectivity index (χ2v) is 5.88. The van der Waals surface area contributed by atoms with Crippen LogP contribution >= 0.6 is 22.6 Å². The van der Waals surface area contributed by atoms with Gasteiger partial charge in [0, 0.05) is 12.4 Å². The van der Waals surface area contributed by atoms with Crippen molar-refractivity contribution in [3.8, 4) is 11.4 Å². The summed E-state index contributed by atoms with van der Waals surface area (Å²) in [4.78, 5) is 9.38. The van der Waals surface area contributed by atoms with Crippen LogP contribution < -0.4 is 5.32 Å². The van der Waals surface area contributed by atoms with Crippen LogP contribution in [0.15, 0.2) is 34.9 Å². The molecule has 0 fully saturated rings. The molecule has 1 N–H and O–H groups in total. The van der Waals surface area contributed by atoms with Crippen molar-refractivity contribution in [3.63, 3.8) is 0 Å². The fourth-order valence-corrected chi connectivity index (χ4v) is 3.11. The Kier molecular flexibility index (Phi) is 4.10. The van der Waals surface area contributed by atoms with Gasteiger partial charge in [-0.2, -0.15) is 0 Å². The number of benzene rings is 1. The molecule has 0 saturated heterocycles. The van der Waals surface area contributed by atoms with E-state index in [-0.39, 0.29) is 0 Å². The van der Waals surface area contributed by atoms with Crippen molar-refractivity contribution >= 4 is 39.4 Å². The lowest BCUT2D eigenvalue weighted by molar-refractivity contribution is 0.616. The van der Waals surface area contributed by atoms with Gasteiger partial charge >= 0.3 is 0 Å². The molecule has 5 heteroatoms. The lowest BCUT2D eigenvalue weighted by atomic mass is 10.1. The Labute approximate surface area is 137 Å². The van der Waals surface area contributed by atoms with E-state index in [1.807, 2.05) is 31.3 Å². The van der Waals surface area contributed by atoms with Crippen molar-refractivity contribution in [1.29, 1.82) is 0 Å². The van der Waals surface area contributed by atoms with Crippen molar-refractivity contribution in [2.45, 2.75) is 19.8 Å². The highest BCUT2D eigenvalue weighted by Gasteiger charge is 2.15. The second kappa shape index (κ2) is 6.01. The Hall–Kier alpha value is -1.63. The molecule has 2 heterocycles. The van der Waals surface area contributed by atoms with Crippen LogP contribution in [0.25, 0.3) is 22.4 Å². The molecule has 0 aliphatic rings. The number of aryl methyl sites for hydroxylation is 1. The smallest absolute Gasteiger partial charge is 0.165 e. The molecule has 0 atom stereocenters. The van der Waals surface area contributed by atoms with Crippen LogP contribution in [0.1, 0.15) is 19.0 Å². The topological polar surface area (TPSA) is 51.0 Å². The molecule has 3 aromatic rings. The van der Waals surface area contributed by atoms with Gasteiger partial charge in [-0.05, 0) is 35.1 Å². The minimum atomic E-state index is 0.716. The molecule has 0 aliphatic heterocycles. The normalized spacial score (nSPS) is 11.0. The molecule has 0 spiro atoms. The third kappa shape index (κ3) is 2.62. The molecule has 21 heavy (non-hydrogen) atoms. The predicted molar refractivity (Wildman–Crippen MR) is 93.5 cm³/mol. The van der Waals surface area contributed by atoms with E-state index in [1.165, 1.54) is 0 Å². The van der Waals surface area contributed by atoms with Crippen molar-refractivity contribution in [1.82, 2.24) is 9.97 Å². The first-order valence-corrected chi connectivity index (χ1v) is 8.03. The number of nitrogens with zero attached hydrogens (tertiary/aromatic N) is 2. The molecule has 108 valence electrons. The van der Waals surface area contributed by atoms with Gasteiger partial charge in [0.25, 0.3) is 0 Å². The highest BCUT2D eigenvalue weighted by Crippen LogP contribution is 2.31. The standard InChI is InChI=1S/C16H16IN3O/c1-3-6-12-14(17)16(18-2)20-15(19-12)11-9-21-13-8-5-4-7-10(11)13/h4-5,7-9H,3,6H2,1-2H3,(H,18,19,20). The van der Waals surface area contributed by atoms with Crippen LogP contribution in [0.5, 0.6) is 0 Å². The first kappa shape index (κ1) is 14.3. The van der Waals surface area contributed by atoms with Gasteiger partial charge in [0.15, 0.2) is 5.82 Å². The maximum Gasteiger partial charge on any atom is 0.165 e. The third-order valence-corrected chi connectivity index (χ3v) is 4.50. The van der Waals surface area contributed by atoms with Gasteiger partial charge in [0.2, 0.25) is 0 Å². The van der Waals surface area contributed by atoms with E-state index < -0.39 is 0 Å². The van der Waals surface area contributed by atoms with E-state index >= 15 is 0 Å². The molecule has 3 rings (SSSR count). The van der Waals surface area contributed by atoms with Crippen LogP contribution in [0.4, 0.5) is 5.82 Å². The van der Waals surface area contributed by atoms with E-state index in [0.29, 0.717) is 5.82 Å². The van der Waals surface area contributed by atoms with Gasteiger partial charge < -0.3 is 9.73 Å². The zero-order valence-electron chi connectivity index (χ0n) is 12.0. The number of rotatable bonds is 4. The number of furan rings is 1. The molecule has 0 saturated carbocycles. The van der Waals surface area contributed by atoms with Gasteiger partial charge in [0.1, 0.15) is 17.7 Å².